The first-order valence-corrected chi connectivity index (χ1v) is 7.39. The molecule has 3 N–H and O–H groups in total. The van der Waals surface area contributed by atoms with E-state index in [1.807, 2.05) is 0 Å². The second-order valence-corrected chi connectivity index (χ2v) is 5.68. The molecule has 1 atom stereocenters. The van der Waals surface area contributed by atoms with Crippen molar-refractivity contribution in [3.63, 3.8) is 0 Å². The summed E-state index contributed by atoms with van der Waals surface area (Å²) in [6, 6.07) is 4.57. The molecule has 4 heteroatoms. The highest BCUT2D eigenvalue weighted by atomic mass is 19.1. The molecule has 0 saturated heterocycles. The Morgan fingerprint density at radius 3 is 2.70 bits per heavy atom. The van der Waals surface area contributed by atoms with E-state index in [1.165, 1.54) is 25.3 Å². The minimum absolute atomic E-state index is 0.00726. The summed E-state index contributed by atoms with van der Waals surface area (Å²) in [5.74, 6) is -0.127. The summed E-state index contributed by atoms with van der Waals surface area (Å²) in [4.78, 5) is 12.2. The van der Waals surface area contributed by atoms with Crippen LogP contribution in [-0.4, -0.2) is 18.5 Å². The maximum absolute atomic E-state index is 13.5. The van der Waals surface area contributed by atoms with Crippen LogP contribution < -0.4 is 11.1 Å². The van der Waals surface area contributed by atoms with Crippen LogP contribution in [-0.2, 0) is 0 Å². The van der Waals surface area contributed by atoms with Gasteiger partial charge in [-0.3, -0.25) is 4.79 Å². The standard InChI is InChI=1S/C16H23FN2O/c1-11-7-8-13(9-14(11)17)16(20)19-15(10-18)12-5-3-2-4-6-12/h7-9,12,15H,2-6,10,18H2,1H3,(H,19,20). The van der Waals surface area contributed by atoms with E-state index in [-0.39, 0.29) is 17.8 Å². The Morgan fingerprint density at radius 2 is 2.10 bits per heavy atom. The number of hydrogen-bond acceptors (Lipinski definition) is 2. The van der Waals surface area contributed by atoms with Crippen LogP contribution in [0.2, 0.25) is 0 Å². The van der Waals surface area contributed by atoms with Gasteiger partial charge in [0.15, 0.2) is 0 Å². The average Bonchev–Trinajstić information content (AvgIpc) is 2.48. The highest BCUT2D eigenvalue weighted by Gasteiger charge is 2.24. The van der Waals surface area contributed by atoms with Crippen molar-refractivity contribution in [1.82, 2.24) is 5.32 Å². The minimum Gasteiger partial charge on any atom is -0.348 e. The molecule has 0 bridgehead atoms. The van der Waals surface area contributed by atoms with Gasteiger partial charge in [0.05, 0.1) is 0 Å². The van der Waals surface area contributed by atoms with Crippen LogP contribution in [0.25, 0.3) is 0 Å². The van der Waals surface area contributed by atoms with Crippen LogP contribution in [0, 0.1) is 18.7 Å². The highest BCUT2D eigenvalue weighted by Crippen LogP contribution is 2.26. The maximum atomic E-state index is 13.5. The molecule has 20 heavy (non-hydrogen) atoms. The van der Waals surface area contributed by atoms with Gasteiger partial charge in [0.1, 0.15) is 5.82 Å². The van der Waals surface area contributed by atoms with E-state index < -0.39 is 0 Å². The third kappa shape index (κ3) is 3.57. The summed E-state index contributed by atoms with van der Waals surface area (Å²) in [5, 5.41) is 2.97. The minimum atomic E-state index is -0.348. The summed E-state index contributed by atoms with van der Waals surface area (Å²) in [6.07, 6.45) is 5.91. The Hall–Kier alpha value is -1.42. The van der Waals surface area contributed by atoms with Gasteiger partial charge in [-0.15, -0.1) is 0 Å². The van der Waals surface area contributed by atoms with Gasteiger partial charge < -0.3 is 11.1 Å². The van der Waals surface area contributed by atoms with Crippen LogP contribution in [0.5, 0.6) is 0 Å². The van der Waals surface area contributed by atoms with Crippen LogP contribution in [0.1, 0.15) is 48.0 Å². The summed E-state index contributed by atoms with van der Waals surface area (Å²) in [6.45, 7) is 2.12. The SMILES string of the molecule is Cc1ccc(C(=O)NC(CN)C2CCCCC2)cc1F. The average molecular weight is 278 g/mol. The fourth-order valence-corrected chi connectivity index (χ4v) is 2.89. The fraction of sp³-hybridized carbons (Fsp3) is 0.562. The van der Waals surface area contributed by atoms with E-state index in [2.05, 4.69) is 5.32 Å². The van der Waals surface area contributed by atoms with Crippen molar-refractivity contribution in [2.45, 2.75) is 45.1 Å². The lowest BCUT2D eigenvalue weighted by atomic mass is 9.84. The van der Waals surface area contributed by atoms with Crippen molar-refractivity contribution in [3.8, 4) is 0 Å². The van der Waals surface area contributed by atoms with Gasteiger partial charge in [-0.05, 0) is 43.4 Å². The second-order valence-electron chi connectivity index (χ2n) is 5.68. The molecule has 0 spiro atoms. The molecule has 1 fully saturated rings. The van der Waals surface area contributed by atoms with Gasteiger partial charge in [0.2, 0.25) is 0 Å². The Bertz CT molecular complexity index is 470. The lowest BCUT2D eigenvalue weighted by Crippen LogP contribution is -2.45. The van der Waals surface area contributed by atoms with Crippen molar-refractivity contribution in [2.24, 2.45) is 11.7 Å². The first kappa shape index (κ1) is 15.0. The smallest absolute Gasteiger partial charge is 0.251 e. The van der Waals surface area contributed by atoms with Gasteiger partial charge in [-0.25, -0.2) is 4.39 Å². The molecule has 1 aromatic rings. The second kappa shape index (κ2) is 6.84. The van der Waals surface area contributed by atoms with Crippen molar-refractivity contribution >= 4 is 5.91 Å². The van der Waals surface area contributed by atoms with Gasteiger partial charge in [-0.1, -0.05) is 25.3 Å². The quantitative estimate of drug-likeness (QED) is 0.889. The molecular formula is C16H23FN2O. The Labute approximate surface area is 119 Å². The first-order valence-electron chi connectivity index (χ1n) is 7.39. The summed E-state index contributed by atoms with van der Waals surface area (Å²) in [7, 11) is 0. The number of aryl methyl sites for hydroxylation is 1. The number of carbonyl (C=O) groups excluding carboxylic acids is 1. The Balaban J connectivity index is 2.02. The molecule has 1 aliphatic carbocycles. The number of rotatable bonds is 4. The lowest BCUT2D eigenvalue weighted by molar-refractivity contribution is 0.0915. The zero-order valence-corrected chi connectivity index (χ0v) is 12.0. The Morgan fingerprint density at radius 1 is 1.40 bits per heavy atom. The van der Waals surface area contributed by atoms with Gasteiger partial charge in [0.25, 0.3) is 5.91 Å². The highest BCUT2D eigenvalue weighted by molar-refractivity contribution is 5.94. The van der Waals surface area contributed by atoms with Crippen LogP contribution in [0.4, 0.5) is 4.39 Å². The van der Waals surface area contributed by atoms with E-state index in [9.17, 15) is 9.18 Å². The van der Waals surface area contributed by atoms with E-state index in [0.29, 0.717) is 23.6 Å². The number of nitrogens with one attached hydrogen (secondary N) is 1. The molecule has 110 valence electrons. The molecule has 2 rings (SSSR count). The summed E-state index contributed by atoms with van der Waals surface area (Å²) < 4.78 is 13.5. The molecule has 3 nitrogen and oxygen atoms in total. The molecule has 0 heterocycles. The normalized spacial score (nSPS) is 17.8. The number of halogens is 1. The molecule has 1 amide bonds. The topological polar surface area (TPSA) is 55.1 Å². The molecule has 0 aliphatic heterocycles. The number of nitrogens with two attached hydrogens (primary N) is 1. The molecule has 0 aromatic heterocycles. The molecular weight excluding hydrogens is 255 g/mol. The predicted octanol–water partition coefficient (Wildman–Crippen LogP) is 2.77. The van der Waals surface area contributed by atoms with E-state index in [0.717, 1.165) is 12.8 Å². The number of amides is 1. The van der Waals surface area contributed by atoms with Gasteiger partial charge in [-0.2, -0.15) is 0 Å². The molecule has 0 radical (unpaired) electrons. The van der Waals surface area contributed by atoms with Crippen molar-refractivity contribution in [1.29, 1.82) is 0 Å². The van der Waals surface area contributed by atoms with E-state index in [4.69, 9.17) is 5.73 Å². The lowest BCUT2D eigenvalue weighted by Gasteiger charge is -2.30. The first-order chi connectivity index (χ1) is 9.61. The molecule has 1 aliphatic rings. The molecule has 1 saturated carbocycles. The zero-order valence-electron chi connectivity index (χ0n) is 12.0. The number of benzene rings is 1. The van der Waals surface area contributed by atoms with Crippen molar-refractivity contribution < 1.29 is 9.18 Å². The number of hydrogen-bond donors (Lipinski definition) is 2. The summed E-state index contributed by atoms with van der Waals surface area (Å²) in [5.41, 5.74) is 6.70. The monoisotopic (exact) mass is 278 g/mol. The van der Waals surface area contributed by atoms with Crippen LogP contribution >= 0.6 is 0 Å². The summed E-state index contributed by atoms with van der Waals surface area (Å²) >= 11 is 0. The van der Waals surface area contributed by atoms with Crippen LogP contribution in [0.3, 0.4) is 0 Å². The van der Waals surface area contributed by atoms with E-state index >= 15 is 0 Å². The third-order valence-corrected chi connectivity index (χ3v) is 4.22. The zero-order chi connectivity index (χ0) is 14.5. The largest absolute Gasteiger partial charge is 0.348 e. The molecule has 1 aromatic carbocycles. The van der Waals surface area contributed by atoms with Gasteiger partial charge >= 0.3 is 0 Å². The Kier molecular flexibility index (Phi) is 5.12. The third-order valence-electron chi connectivity index (χ3n) is 4.22. The van der Waals surface area contributed by atoms with Crippen LogP contribution in [0.15, 0.2) is 18.2 Å². The molecule has 1 unspecified atom stereocenters. The van der Waals surface area contributed by atoms with Crippen molar-refractivity contribution in [2.75, 3.05) is 6.54 Å². The maximum Gasteiger partial charge on any atom is 0.251 e. The van der Waals surface area contributed by atoms with Gasteiger partial charge in [0, 0.05) is 18.2 Å². The predicted molar refractivity (Wildman–Crippen MR) is 78.0 cm³/mol. The number of carbonyl (C=O) groups is 1. The fourth-order valence-electron chi connectivity index (χ4n) is 2.89. The van der Waals surface area contributed by atoms with Crippen molar-refractivity contribution in [3.05, 3.63) is 35.1 Å². The van der Waals surface area contributed by atoms with E-state index in [1.54, 1.807) is 19.1 Å².